The third kappa shape index (κ3) is 4.53. The molecule has 1 aliphatic rings. The van der Waals surface area contributed by atoms with Crippen LogP contribution in [0.4, 0.5) is 13.2 Å². The molecule has 0 N–H and O–H groups in total. The van der Waals surface area contributed by atoms with Crippen LogP contribution >= 0.6 is 0 Å². The van der Waals surface area contributed by atoms with Crippen molar-refractivity contribution in [2.45, 2.75) is 45.3 Å². The van der Waals surface area contributed by atoms with Crippen molar-refractivity contribution in [1.82, 2.24) is 15.0 Å². The van der Waals surface area contributed by atoms with Gasteiger partial charge in [-0.25, -0.2) is 4.98 Å². The number of nitrogens with zero attached hydrogens (tertiary/aromatic N) is 3. The summed E-state index contributed by atoms with van der Waals surface area (Å²) in [5.41, 5.74) is 0.950. The first-order chi connectivity index (χ1) is 15.3. The summed E-state index contributed by atoms with van der Waals surface area (Å²) in [4.78, 5) is 6.39. The molecule has 6 nitrogen and oxygen atoms in total. The average Bonchev–Trinajstić information content (AvgIpc) is 3.17. The maximum atomic E-state index is 13.6. The Morgan fingerprint density at radius 3 is 2.56 bits per heavy atom. The highest BCUT2D eigenvalue weighted by Crippen LogP contribution is 2.40. The number of rotatable bonds is 6. The Morgan fingerprint density at radius 1 is 1.16 bits per heavy atom. The van der Waals surface area contributed by atoms with Crippen molar-refractivity contribution >= 4 is 11.1 Å². The van der Waals surface area contributed by atoms with Gasteiger partial charge in [0.2, 0.25) is 0 Å². The molecule has 0 amide bonds. The summed E-state index contributed by atoms with van der Waals surface area (Å²) in [6.45, 7) is 6.21. The minimum atomic E-state index is -4.49. The number of fused-ring (bicyclic) bond motifs is 1. The molecule has 0 unspecified atom stereocenters. The molecule has 0 spiro atoms. The van der Waals surface area contributed by atoms with Crippen molar-refractivity contribution in [2.75, 3.05) is 26.8 Å². The number of likely N-dealkylation sites (tertiary alicyclic amines) is 1. The van der Waals surface area contributed by atoms with Crippen molar-refractivity contribution in [3.63, 3.8) is 0 Å². The molecular weight excluding hydrogens is 423 g/mol. The van der Waals surface area contributed by atoms with Crippen molar-refractivity contribution in [3.05, 3.63) is 46.8 Å². The van der Waals surface area contributed by atoms with E-state index in [9.17, 15) is 13.2 Å². The SMILES string of the molecule is CCOc1cc(CN2CCC(c3noc4nc(C)cc(C(F)(F)F)c34)CC2)ccc1OC. The van der Waals surface area contributed by atoms with Gasteiger partial charge in [0, 0.05) is 18.2 Å². The lowest BCUT2D eigenvalue weighted by Gasteiger charge is -2.31. The molecule has 32 heavy (non-hydrogen) atoms. The third-order valence-corrected chi connectivity index (χ3v) is 5.81. The van der Waals surface area contributed by atoms with Gasteiger partial charge in [-0.15, -0.1) is 0 Å². The second-order valence-corrected chi connectivity index (χ2v) is 8.03. The van der Waals surface area contributed by atoms with Crippen molar-refractivity contribution in [2.24, 2.45) is 0 Å². The van der Waals surface area contributed by atoms with Gasteiger partial charge in [0.25, 0.3) is 5.71 Å². The van der Waals surface area contributed by atoms with E-state index in [2.05, 4.69) is 15.0 Å². The van der Waals surface area contributed by atoms with E-state index in [4.69, 9.17) is 14.0 Å². The lowest BCUT2D eigenvalue weighted by atomic mass is 9.90. The topological polar surface area (TPSA) is 60.6 Å². The molecule has 4 rings (SSSR count). The van der Waals surface area contributed by atoms with Crippen molar-refractivity contribution in [3.8, 4) is 11.5 Å². The summed E-state index contributed by atoms with van der Waals surface area (Å²) in [6.07, 6.45) is -3.10. The van der Waals surface area contributed by atoms with Crippen LogP contribution in [-0.2, 0) is 12.7 Å². The lowest BCUT2D eigenvalue weighted by Crippen LogP contribution is -2.32. The maximum Gasteiger partial charge on any atom is 0.417 e. The Labute approximate surface area is 184 Å². The number of aryl methyl sites for hydroxylation is 1. The highest BCUT2D eigenvalue weighted by molar-refractivity contribution is 5.81. The van der Waals surface area contributed by atoms with E-state index in [1.54, 1.807) is 7.11 Å². The molecule has 0 atom stereocenters. The molecule has 1 aliphatic heterocycles. The maximum absolute atomic E-state index is 13.6. The number of piperidine rings is 1. The van der Waals surface area contributed by atoms with E-state index in [0.717, 1.165) is 31.3 Å². The van der Waals surface area contributed by atoms with Gasteiger partial charge in [-0.1, -0.05) is 11.2 Å². The van der Waals surface area contributed by atoms with E-state index in [-0.39, 0.29) is 22.7 Å². The smallest absolute Gasteiger partial charge is 0.417 e. The van der Waals surface area contributed by atoms with E-state index in [1.165, 1.54) is 6.92 Å². The molecule has 0 aliphatic carbocycles. The standard InChI is InChI=1S/C23H26F3N3O3/c1-4-31-19-12-15(5-6-18(19)30-3)13-29-9-7-16(8-10-29)21-20-17(23(24,25)26)11-14(2)27-22(20)32-28-21/h5-6,11-12,16H,4,7-10,13H2,1-3H3. The van der Waals surface area contributed by atoms with Crippen LogP contribution in [0, 0.1) is 6.92 Å². The predicted molar refractivity (Wildman–Crippen MR) is 113 cm³/mol. The number of benzene rings is 1. The zero-order valence-corrected chi connectivity index (χ0v) is 18.3. The average molecular weight is 449 g/mol. The summed E-state index contributed by atoms with van der Waals surface area (Å²) < 4.78 is 57.1. The molecule has 0 saturated carbocycles. The molecule has 1 fully saturated rings. The number of alkyl halides is 3. The normalized spacial score (nSPS) is 15.9. The number of hydrogen-bond acceptors (Lipinski definition) is 6. The van der Waals surface area contributed by atoms with Gasteiger partial charge >= 0.3 is 6.18 Å². The third-order valence-electron chi connectivity index (χ3n) is 5.81. The largest absolute Gasteiger partial charge is 0.493 e. The van der Waals surface area contributed by atoms with Crippen LogP contribution in [0.5, 0.6) is 11.5 Å². The van der Waals surface area contributed by atoms with Gasteiger partial charge in [-0.3, -0.25) is 4.90 Å². The minimum absolute atomic E-state index is 0.00180. The predicted octanol–water partition coefficient (Wildman–Crippen LogP) is 5.34. The van der Waals surface area contributed by atoms with E-state index in [1.807, 2.05) is 25.1 Å². The lowest BCUT2D eigenvalue weighted by molar-refractivity contribution is -0.136. The zero-order valence-electron chi connectivity index (χ0n) is 18.3. The first-order valence-corrected chi connectivity index (χ1v) is 10.7. The number of aromatic nitrogens is 2. The fourth-order valence-corrected chi connectivity index (χ4v) is 4.31. The highest BCUT2D eigenvalue weighted by atomic mass is 19.4. The van der Waals surface area contributed by atoms with Gasteiger partial charge in [0.05, 0.1) is 30.4 Å². The molecule has 9 heteroatoms. The number of hydrogen-bond donors (Lipinski definition) is 0. The fourth-order valence-electron chi connectivity index (χ4n) is 4.31. The quantitative estimate of drug-likeness (QED) is 0.507. The van der Waals surface area contributed by atoms with Crippen molar-refractivity contribution < 1.29 is 27.2 Å². The molecule has 1 saturated heterocycles. The number of ether oxygens (including phenoxy) is 2. The van der Waals surface area contributed by atoms with E-state index in [0.29, 0.717) is 36.6 Å². The Bertz CT molecular complexity index is 1090. The second kappa shape index (κ2) is 8.97. The van der Waals surface area contributed by atoms with Gasteiger partial charge in [0.1, 0.15) is 0 Å². The van der Waals surface area contributed by atoms with Crippen LogP contribution < -0.4 is 9.47 Å². The molecule has 172 valence electrons. The summed E-state index contributed by atoms with van der Waals surface area (Å²) >= 11 is 0. The first-order valence-electron chi connectivity index (χ1n) is 10.7. The fraction of sp³-hybridized carbons (Fsp3) is 0.478. The summed E-state index contributed by atoms with van der Waals surface area (Å²) in [6, 6.07) is 6.94. The molecule has 2 aromatic heterocycles. The molecule has 3 heterocycles. The molecular formula is C23H26F3N3O3. The van der Waals surface area contributed by atoms with Crippen LogP contribution in [0.2, 0.25) is 0 Å². The summed E-state index contributed by atoms with van der Waals surface area (Å²) in [7, 11) is 1.61. The van der Waals surface area contributed by atoms with Crippen LogP contribution in [0.3, 0.4) is 0 Å². The Balaban J connectivity index is 1.49. The van der Waals surface area contributed by atoms with E-state index < -0.39 is 11.7 Å². The van der Waals surface area contributed by atoms with Crippen LogP contribution in [0.15, 0.2) is 28.8 Å². The minimum Gasteiger partial charge on any atom is -0.493 e. The Morgan fingerprint density at radius 2 is 1.91 bits per heavy atom. The van der Waals surface area contributed by atoms with Crippen molar-refractivity contribution in [1.29, 1.82) is 0 Å². The number of halogens is 3. The van der Waals surface area contributed by atoms with Crippen LogP contribution in [0.1, 0.15) is 48.2 Å². The zero-order chi connectivity index (χ0) is 22.9. The highest BCUT2D eigenvalue weighted by Gasteiger charge is 2.37. The molecule has 0 radical (unpaired) electrons. The van der Waals surface area contributed by atoms with Gasteiger partial charge < -0.3 is 14.0 Å². The number of methoxy groups -OCH3 is 1. The van der Waals surface area contributed by atoms with Crippen LogP contribution in [-0.4, -0.2) is 41.8 Å². The van der Waals surface area contributed by atoms with Gasteiger partial charge in [0.15, 0.2) is 11.5 Å². The Hall–Kier alpha value is -2.81. The molecule has 0 bridgehead atoms. The van der Waals surface area contributed by atoms with Crippen LogP contribution in [0.25, 0.3) is 11.1 Å². The Kier molecular flexibility index (Phi) is 6.28. The second-order valence-electron chi connectivity index (χ2n) is 8.03. The molecule has 3 aromatic rings. The summed E-state index contributed by atoms with van der Waals surface area (Å²) in [5, 5.41) is 4.01. The van der Waals surface area contributed by atoms with Gasteiger partial charge in [-0.2, -0.15) is 13.2 Å². The monoisotopic (exact) mass is 449 g/mol. The molecule has 1 aromatic carbocycles. The van der Waals surface area contributed by atoms with Gasteiger partial charge in [-0.05, 0) is 63.5 Å². The summed E-state index contributed by atoms with van der Waals surface area (Å²) in [5.74, 6) is 1.29. The van der Waals surface area contributed by atoms with E-state index >= 15 is 0 Å². The first kappa shape index (κ1) is 22.4. The number of pyridine rings is 1.